The van der Waals surface area contributed by atoms with Crippen LogP contribution in [0, 0.1) is 0 Å². The van der Waals surface area contributed by atoms with Gasteiger partial charge in [-0.1, -0.05) is 30.3 Å². The summed E-state index contributed by atoms with van der Waals surface area (Å²) in [5.74, 6) is 0.538. The maximum atomic E-state index is 5.84. The van der Waals surface area contributed by atoms with Gasteiger partial charge in [0.1, 0.15) is 5.82 Å². The third kappa shape index (κ3) is 2.72. The molecule has 5 aromatic rings. The normalized spacial score (nSPS) is 15.5. The van der Waals surface area contributed by atoms with Gasteiger partial charge in [-0.25, -0.2) is 4.98 Å². The Morgan fingerprint density at radius 1 is 0.933 bits per heavy atom. The van der Waals surface area contributed by atoms with Crippen molar-refractivity contribution in [1.82, 2.24) is 9.55 Å². The van der Waals surface area contributed by atoms with E-state index in [-0.39, 0.29) is 0 Å². The lowest BCUT2D eigenvalue weighted by Gasteiger charge is -2.16. The first-order valence-electron chi connectivity index (χ1n) is 10.4. The molecule has 0 fully saturated rings. The highest BCUT2D eigenvalue weighted by Gasteiger charge is 2.24. The molecule has 2 aromatic heterocycles. The number of rotatable bonds is 3. The number of nitrogens with zero attached hydrogens (tertiary/aromatic N) is 2. The summed E-state index contributed by atoms with van der Waals surface area (Å²) < 4.78 is 2.43. The van der Waals surface area contributed by atoms with Crippen molar-refractivity contribution in [1.29, 1.82) is 0 Å². The largest absolute Gasteiger partial charge is 0.384 e. The molecule has 4 nitrogen and oxygen atoms in total. The summed E-state index contributed by atoms with van der Waals surface area (Å²) >= 11 is 0. The summed E-state index contributed by atoms with van der Waals surface area (Å²) in [7, 11) is 0. The summed E-state index contributed by atoms with van der Waals surface area (Å²) in [6, 6.07) is 28.0. The van der Waals surface area contributed by atoms with E-state index in [4.69, 9.17) is 5.73 Å². The molecule has 0 radical (unpaired) electrons. The van der Waals surface area contributed by atoms with Crippen LogP contribution < -0.4 is 11.1 Å². The predicted octanol–water partition coefficient (Wildman–Crippen LogP) is 6.05. The molecular weight excluding hydrogens is 368 g/mol. The van der Waals surface area contributed by atoms with Gasteiger partial charge in [0.25, 0.3) is 0 Å². The predicted molar refractivity (Wildman–Crippen MR) is 124 cm³/mol. The molecule has 6 rings (SSSR count). The maximum absolute atomic E-state index is 5.84. The van der Waals surface area contributed by atoms with Gasteiger partial charge in [-0.05, 0) is 72.5 Å². The molecule has 30 heavy (non-hydrogen) atoms. The number of hydrogen-bond donors (Lipinski definition) is 2. The summed E-state index contributed by atoms with van der Waals surface area (Å²) in [5, 5.41) is 5.87. The quantitative estimate of drug-likeness (QED) is 0.394. The Bertz CT molecular complexity index is 1400. The second kappa shape index (κ2) is 6.63. The molecule has 3 aromatic carbocycles. The second-order valence-electron chi connectivity index (χ2n) is 7.98. The van der Waals surface area contributed by atoms with Crippen molar-refractivity contribution < 1.29 is 0 Å². The number of benzene rings is 3. The molecule has 1 aliphatic carbocycles. The van der Waals surface area contributed by atoms with Gasteiger partial charge in [0.2, 0.25) is 0 Å². The van der Waals surface area contributed by atoms with E-state index in [1.165, 1.54) is 22.0 Å². The lowest BCUT2D eigenvalue weighted by atomic mass is 10.1. The summed E-state index contributed by atoms with van der Waals surface area (Å²) in [6.45, 7) is 0. The number of nitrogen functional groups attached to an aromatic ring is 1. The summed E-state index contributed by atoms with van der Waals surface area (Å²) in [5.41, 5.74) is 13.0. The topological polar surface area (TPSA) is 55.9 Å². The van der Waals surface area contributed by atoms with E-state index in [0.717, 1.165) is 35.1 Å². The molecule has 146 valence electrons. The lowest BCUT2D eigenvalue weighted by molar-refractivity contribution is 0.599. The van der Waals surface area contributed by atoms with Crippen molar-refractivity contribution in [2.45, 2.75) is 18.9 Å². The fourth-order valence-corrected chi connectivity index (χ4v) is 4.77. The van der Waals surface area contributed by atoms with E-state index in [0.29, 0.717) is 11.9 Å². The first-order chi connectivity index (χ1) is 14.8. The van der Waals surface area contributed by atoms with Crippen LogP contribution in [0.1, 0.15) is 23.6 Å². The molecule has 0 saturated heterocycles. The maximum Gasteiger partial charge on any atom is 0.124 e. The number of pyridine rings is 1. The Kier molecular flexibility index (Phi) is 3.78. The molecular formula is C26H22N4. The number of aryl methyl sites for hydroxylation is 1. The minimum Gasteiger partial charge on any atom is -0.384 e. The van der Waals surface area contributed by atoms with E-state index in [2.05, 4.69) is 75.7 Å². The van der Waals surface area contributed by atoms with Gasteiger partial charge < -0.3 is 15.6 Å². The second-order valence-corrected chi connectivity index (χ2v) is 7.98. The van der Waals surface area contributed by atoms with Crippen LogP contribution in [0.15, 0.2) is 85.1 Å². The van der Waals surface area contributed by atoms with Crippen LogP contribution in [0.4, 0.5) is 17.2 Å². The van der Waals surface area contributed by atoms with Gasteiger partial charge in [-0.3, -0.25) is 0 Å². The summed E-state index contributed by atoms with van der Waals surface area (Å²) in [4.78, 5) is 4.43. The van der Waals surface area contributed by atoms with Gasteiger partial charge >= 0.3 is 0 Å². The van der Waals surface area contributed by atoms with Gasteiger partial charge in [-0.2, -0.15) is 0 Å². The van der Waals surface area contributed by atoms with Gasteiger partial charge in [-0.15, -0.1) is 0 Å². The van der Waals surface area contributed by atoms with Crippen molar-refractivity contribution >= 4 is 39.0 Å². The Balaban J connectivity index is 1.36. The van der Waals surface area contributed by atoms with Crippen molar-refractivity contribution in [2.75, 3.05) is 11.1 Å². The molecule has 4 heteroatoms. The highest BCUT2D eigenvalue weighted by atomic mass is 15.0. The van der Waals surface area contributed by atoms with Gasteiger partial charge in [0.15, 0.2) is 0 Å². The minimum absolute atomic E-state index is 0.423. The van der Waals surface area contributed by atoms with Crippen molar-refractivity contribution in [2.24, 2.45) is 0 Å². The lowest BCUT2D eigenvalue weighted by Crippen LogP contribution is -2.05. The van der Waals surface area contributed by atoms with Crippen LogP contribution in [0.2, 0.25) is 0 Å². The van der Waals surface area contributed by atoms with Gasteiger partial charge in [0.05, 0.1) is 11.6 Å². The van der Waals surface area contributed by atoms with E-state index in [1.807, 2.05) is 24.3 Å². The van der Waals surface area contributed by atoms with Gasteiger partial charge in [0, 0.05) is 33.9 Å². The highest BCUT2D eigenvalue weighted by Crippen LogP contribution is 2.37. The first kappa shape index (κ1) is 17.1. The molecule has 0 saturated carbocycles. The zero-order valence-corrected chi connectivity index (χ0v) is 16.5. The number of aromatic nitrogens is 2. The monoisotopic (exact) mass is 390 g/mol. The Morgan fingerprint density at radius 2 is 1.87 bits per heavy atom. The number of fused-ring (bicyclic) bond motifs is 3. The average Bonchev–Trinajstić information content (AvgIpc) is 3.37. The zero-order chi connectivity index (χ0) is 20.1. The van der Waals surface area contributed by atoms with E-state index >= 15 is 0 Å². The van der Waals surface area contributed by atoms with Crippen LogP contribution in [-0.4, -0.2) is 9.55 Å². The number of nitrogens with two attached hydrogens (primary N) is 1. The van der Waals surface area contributed by atoms with Crippen LogP contribution in [0.25, 0.3) is 21.8 Å². The summed E-state index contributed by atoms with van der Waals surface area (Å²) in [6.07, 6.45) is 4.54. The Morgan fingerprint density at radius 3 is 2.83 bits per heavy atom. The number of anilines is 3. The smallest absolute Gasteiger partial charge is 0.124 e. The Labute approximate surface area is 175 Å². The van der Waals surface area contributed by atoms with Crippen LogP contribution >= 0.6 is 0 Å². The standard InChI is InChI=1S/C26H22N4/c27-26-13-10-21-22(6-3-7-23(21)29-26)28-19-9-12-24-18(16-19)14-15-30(24)25-11-8-17-4-1-2-5-20(17)25/h1-7,9-10,12-16,25,28H,8,11H2,(H2,27,29)/t25-/m1/s1. The van der Waals surface area contributed by atoms with Crippen molar-refractivity contribution in [3.8, 4) is 0 Å². The average molecular weight is 390 g/mol. The van der Waals surface area contributed by atoms with E-state index < -0.39 is 0 Å². The molecule has 0 bridgehead atoms. The fraction of sp³-hybridized carbons (Fsp3) is 0.115. The van der Waals surface area contributed by atoms with E-state index in [9.17, 15) is 0 Å². The molecule has 0 aliphatic heterocycles. The minimum atomic E-state index is 0.423. The van der Waals surface area contributed by atoms with Crippen LogP contribution in [0.5, 0.6) is 0 Å². The van der Waals surface area contributed by atoms with Crippen molar-refractivity contribution in [3.63, 3.8) is 0 Å². The van der Waals surface area contributed by atoms with Crippen molar-refractivity contribution in [3.05, 3.63) is 96.2 Å². The molecule has 0 spiro atoms. The molecule has 0 unspecified atom stereocenters. The molecule has 1 aliphatic rings. The third-order valence-corrected chi connectivity index (χ3v) is 6.19. The SMILES string of the molecule is Nc1ccc2c(Nc3ccc4c(ccn4[C@@H]4CCc5ccccc54)c3)cccc2n1. The first-order valence-corrected chi connectivity index (χ1v) is 10.4. The third-order valence-electron chi connectivity index (χ3n) is 6.19. The number of hydrogen-bond acceptors (Lipinski definition) is 3. The molecule has 0 amide bonds. The molecule has 1 atom stereocenters. The Hall–Kier alpha value is -3.79. The highest BCUT2D eigenvalue weighted by molar-refractivity contribution is 5.95. The molecule has 3 N–H and O–H groups in total. The number of nitrogens with one attached hydrogen (secondary N) is 1. The van der Waals surface area contributed by atoms with Crippen LogP contribution in [-0.2, 0) is 6.42 Å². The van der Waals surface area contributed by atoms with Crippen LogP contribution in [0.3, 0.4) is 0 Å². The van der Waals surface area contributed by atoms with E-state index in [1.54, 1.807) is 0 Å². The zero-order valence-electron chi connectivity index (χ0n) is 16.5. The fourth-order valence-electron chi connectivity index (χ4n) is 4.77. The molecule has 2 heterocycles.